The second kappa shape index (κ2) is 12.1. The number of benzene rings is 1. The molecule has 2 aromatic rings. The number of morpholine rings is 1. The number of guanidine groups is 1. The highest BCUT2D eigenvalue weighted by atomic mass is 127. The molecule has 1 saturated heterocycles. The molecular weight excluding hydrogens is 484 g/mol. The Balaban J connectivity index is 0.00000300. The topological polar surface area (TPSA) is 53.8 Å². The van der Waals surface area contributed by atoms with Crippen molar-refractivity contribution < 1.29 is 9.13 Å². The third kappa shape index (κ3) is 7.27. The van der Waals surface area contributed by atoms with Crippen molar-refractivity contribution in [3.05, 3.63) is 59.7 Å². The van der Waals surface area contributed by atoms with Crippen molar-refractivity contribution in [3.8, 4) is 0 Å². The van der Waals surface area contributed by atoms with E-state index in [-0.39, 0.29) is 35.8 Å². The summed E-state index contributed by atoms with van der Waals surface area (Å²) in [6.07, 6.45) is 4.09. The molecule has 8 heteroatoms. The van der Waals surface area contributed by atoms with Gasteiger partial charge in [0.1, 0.15) is 5.82 Å². The zero-order valence-electron chi connectivity index (χ0n) is 17.1. The van der Waals surface area contributed by atoms with Crippen molar-refractivity contribution >= 4 is 29.9 Å². The van der Waals surface area contributed by atoms with E-state index < -0.39 is 0 Å². The first-order valence-electron chi connectivity index (χ1n) is 9.86. The molecule has 0 amide bonds. The van der Waals surface area contributed by atoms with Crippen molar-refractivity contribution in [3.63, 3.8) is 0 Å². The van der Waals surface area contributed by atoms with Gasteiger partial charge in [0.25, 0.3) is 0 Å². The lowest BCUT2D eigenvalue weighted by atomic mass is 10.0. The summed E-state index contributed by atoms with van der Waals surface area (Å²) in [4.78, 5) is 7.08. The van der Waals surface area contributed by atoms with Gasteiger partial charge in [-0.2, -0.15) is 0 Å². The highest BCUT2D eigenvalue weighted by Gasteiger charge is 2.23. The lowest BCUT2D eigenvalue weighted by Gasteiger charge is -2.35. The molecule has 2 heterocycles. The van der Waals surface area contributed by atoms with Crippen LogP contribution in [0.25, 0.3) is 0 Å². The van der Waals surface area contributed by atoms with Crippen LogP contribution in [0.15, 0.2) is 47.7 Å². The van der Waals surface area contributed by atoms with Gasteiger partial charge in [0.05, 0.1) is 25.8 Å². The first-order chi connectivity index (χ1) is 13.7. The normalized spacial score (nSPS) is 16.2. The number of rotatable bonds is 7. The van der Waals surface area contributed by atoms with Gasteiger partial charge in [0, 0.05) is 45.6 Å². The Morgan fingerprint density at radius 2 is 1.90 bits per heavy atom. The van der Waals surface area contributed by atoms with Gasteiger partial charge in [-0.15, -0.1) is 24.0 Å². The molecule has 1 aliphatic heterocycles. The van der Waals surface area contributed by atoms with Crippen molar-refractivity contribution in [2.75, 3.05) is 39.4 Å². The van der Waals surface area contributed by atoms with E-state index in [1.54, 1.807) is 0 Å². The zero-order chi connectivity index (χ0) is 19.8. The van der Waals surface area contributed by atoms with Crippen LogP contribution in [0.4, 0.5) is 4.39 Å². The standard InChI is InChI=1S/C21H30FN5O.HI/c1-3-23-21(24-14-17-8-9-26(2)16-17)25-15-20(27-10-12-28-13-11-27)18-4-6-19(22)7-5-18;/h4-9,16,20H,3,10-15H2,1-2H3,(H2,23,24,25);1H. The molecule has 2 N–H and O–H groups in total. The molecule has 1 aliphatic rings. The van der Waals surface area contributed by atoms with Crippen LogP contribution in [0.3, 0.4) is 0 Å². The molecular formula is C21H31FIN5O. The average molecular weight is 515 g/mol. The van der Waals surface area contributed by atoms with E-state index in [9.17, 15) is 4.39 Å². The van der Waals surface area contributed by atoms with Gasteiger partial charge in [0.15, 0.2) is 5.96 Å². The quantitative estimate of drug-likeness (QED) is 0.339. The summed E-state index contributed by atoms with van der Waals surface area (Å²) < 4.78 is 20.9. The van der Waals surface area contributed by atoms with Gasteiger partial charge < -0.3 is 19.9 Å². The molecule has 160 valence electrons. The molecule has 0 radical (unpaired) electrons. The van der Waals surface area contributed by atoms with Crippen molar-refractivity contribution in [2.45, 2.75) is 19.5 Å². The van der Waals surface area contributed by atoms with Crippen LogP contribution in [0.5, 0.6) is 0 Å². The molecule has 1 aromatic heterocycles. The second-order valence-corrected chi connectivity index (χ2v) is 6.98. The van der Waals surface area contributed by atoms with Gasteiger partial charge >= 0.3 is 0 Å². The Kier molecular flexibility index (Phi) is 9.89. The van der Waals surface area contributed by atoms with Crippen LogP contribution in [0.1, 0.15) is 24.1 Å². The minimum atomic E-state index is -0.213. The molecule has 6 nitrogen and oxygen atoms in total. The summed E-state index contributed by atoms with van der Waals surface area (Å²) in [7, 11) is 2.01. The first-order valence-corrected chi connectivity index (χ1v) is 9.86. The summed E-state index contributed by atoms with van der Waals surface area (Å²) in [6.45, 7) is 7.32. The maximum Gasteiger partial charge on any atom is 0.191 e. The molecule has 1 atom stereocenters. The van der Waals surface area contributed by atoms with E-state index in [1.807, 2.05) is 29.9 Å². The van der Waals surface area contributed by atoms with Crippen LogP contribution in [-0.4, -0.2) is 54.8 Å². The molecule has 1 unspecified atom stereocenters. The summed E-state index contributed by atoms with van der Waals surface area (Å²) in [5, 5.41) is 6.77. The van der Waals surface area contributed by atoms with Crippen molar-refractivity contribution in [2.24, 2.45) is 12.0 Å². The Bertz CT molecular complexity index is 759. The van der Waals surface area contributed by atoms with E-state index in [2.05, 4.69) is 34.7 Å². The number of hydrogen-bond donors (Lipinski definition) is 2. The number of aryl methyl sites for hydroxylation is 1. The number of halogens is 2. The molecule has 0 aliphatic carbocycles. The number of nitrogens with zero attached hydrogens (tertiary/aromatic N) is 3. The number of aliphatic imine (C=N–C) groups is 1. The highest BCUT2D eigenvalue weighted by Crippen LogP contribution is 2.21. The van der Waals surface area contributed by atoms with Crippen LogP contribution in [-0.2, 0) is 18.3 Å². The Hall–Kier alpha value is -1.65. The lowest BCUT2D eigenvalue weighted by Crippen LogP contribution is -2.46. The maximum atomic E-state index is 13.4. The third-order valence-electron chi connectivity index (χ3n) is 4.86. The maximum absolute atomic E-state index is 13.4. The molecule has 1 fully saturated rings. The van der Waals surface area contributed by atoms with Crippen LogP contribution in [0.2, 0.25) is 0 Å². The van der Waals surface area contributed by atoms with Gasteiger partial charge in [-0.1, -0.05) is 12.1 Å². The predicted molar refractivity (Wildman–Crippen MR) is 125 cm³/mol. The van der Waals surface area contributed by atoms with Gasteiger partial charge in [-0.3, -0.25) is 4.90 Å². The lowest BCUT2D eigenvalue weighted by molar-refractivity contribution is 0.0170. The summed E-state index contributed by atoms with van der Waals surface area (Å²) in [5.74, 6) is 0.571. The summed E-state index contributed by atoms with van der Waals surface area (Å²) in [6, 6.07) is 8.98. The van der Waals surface area contributed by atoms with E-state index in [0.717, 1.165) is 44.4 Å². The van der Waals surface area contributed by atoms with E-state index in [1.165, 1.54) is 17.7 Å². The third-order valence-corrected chi connectivity index (χ3v) is 4.86. The largest absolute Gasteiger partial charge is 0.379 e. The zero-order valence-corrected chi connectivity index (χ0v) is 19.4. The summed E-state index contributed by atoms with van der Waals surface area (Å²) in [5.41, 5.74) is 2.26. The van der Waals surface area contributed by atoms with Gasteiger partial charge in [-0.25, -0.2) is 9.38 Å². The van der Waals surface area contributed by atoms with Crippen molar-refractivity contribution in [1.29, 1.82) is 0 Å². The number of ether oxygens (including phenoxy) is 1. The number of nitrogens with one attached hydrogen (secondary N) is 2. The van der Waals surface area contributed by atoms with E-state index in [4.69, 9.17) is 9.73 Å². The van der Waals surface area contributed by atoms with E-state index >= 15 is 0 Å². The van der Waals surface area contributed by atoms with Crippen LogP contribution >= 0.6 is 24.0 Å². The molecule has 0 spiro atoms. The monoisotopic (exact) mass is 515 g/mol. The average Bonchev–Trinajstić information content (AvgIpc) is 3.13. The molecule has 29 heavy (non-hydrogen) atoms. The fourth-order valence-electron chi connectivity index (χ4n) is 3.39. The van der Waals surface area contributed by atoms with Gasteiger partial charge in [-0.05, 0) is 36.2 Å². The van der Waals surface area contributed by atoms with Crippen molar-refractivity contribution in [1.82, 2.24) is 20.1 Å². The predicted octanol–water partition coefficient (Wildman–Crippen LogP) is 2.91. The molecule has 0 bridgehead atoms. The van der Waals surface area contributed by atoms with Crippen LogP contribution < -0.4 is 10.6 Å². The SMILES string of the molecule is CCNC(=NCc1ccn(C)c1)NCC(c1ccc(F)cc1)N1CCOCC1.I. The Morgan fingerprint density at radius 3 is 2.52 bits per heavy atom. The second-order valence-electron chi connectivity index (χ2n) is 6.98. The summed E-state index contributed by atoms with van der Waals surface area (Å²) >= 11 is 0. The molecule has 1 aromatic carbocycles. The highest BCUT2D eigenvalue weighted by molar-refractivity contribution is 14.0. The Labute approximate surface area is 189 Å². The minimum Gasteiger partial charge on any atom is -0.379 e. The minimum absolute atomic E-state index is 0. The van der Waals surface area contributed by atoms with Gasteiger partial charge in [0.2, 0.25) is 0 Å². The number of aromatic nitrogens is 1. The Morgan fingerprint density at radius 1 is 1.17 bits per heavy atom. The fraction of sp³-hybridized carbons (Fsp3) is 0.476. The first kappa shape index (κ1) is 23.6. The fourth-order valence-corrected chi connectivity index (χ4v) is 3.39. The number of hydrogen-bond acceptors (Lipinski definition) is 3. The molecule has 3 rings (SSSR count). The molecule has 0 saturated carbocycles. The van der Waals surface area contributed by atoms with Crippen LogP contribution in [0, 0.1) is 5.82 Å². The van der Waals surface area contributed by atoms with E-state index in [0.29, 0.717) is 13.1 Å². The smallest absolute Gasteiger partial charge is 0.191 e.